The molecule has 1 unspecified atom stereocenters. The maximum atomic E-state index is 6.75. The second kappa shape index (κ2) is 12.1. The van der Waals surface area contributed by atoms with Gasteiger partial charge in [0, 0.05) is 46.3 Å². The lowest BCUT2D eigenvalue weighted by Crippen LogP contribution is -2.16. The Balaban J connectivity index is 1.32. The molecule has 3 heterocycles. The second-order valence-electron chi connectivity index (χ2n) is 15.2. The smallest absolute Gasteiger partial charge is 0.137 e. The van der Waals surface area contributed by atoms with Gasteiger partial charge in [0.2, 0.25) is 0 Å². The van der Waals surface area contributed by atoms with Crippen LogP contribution in [0.4, 0.5) is 0 Å². The Morgan fingerprint density at radius 2 is 1.62 bits per heavy atom. The first-order chi connectivity index (χ1) is 22.9. The van der Waals surface area contributed by atoms with Gasteiger partial charge < -0.3 is 4.74 Å². The van der Waals surface area contributed by atoms with Crippen LogP contribution in [-0.2, 0) is 5.41 Å². The summed E-state index contributed by atoms with van der Waals surface area (Å²) in [5, 5.41) is 7.50. The SMILES string of the molecule is CC1=CCC[C@H](C)C1c1c(C)nn(-c2cc(Oc3ccc4c5ccccc5n(-c5cc(C(C)(C)C)ccn5)c4c3)cc(C(C)C)c2)c1C. The summed E-state index contributed by atoms with van der Waals surface area (Å²) in [6.07, 6.45) is 6.72. The molecule has 5 nitrogen and oxygen atoms in total. The summed E-state index contributed by atoms with van der Waals surface area (Å²) in [7, 11) is 0. The van der Waals surface area contributed by atoms with E-state index in [1.165, 1.54) is 51.6 Å². The van der Waals surface area contributed by atoms with Crippen molar-refractivity contribution in [3.05, 3.63) is 119 Å². The summed E-state index contributed by atoms with van der Waals surface area (Å²) in [5.74, 6) is 3.85. The van der Waals surface area contributed by atoms with Crippen LogP contribution >= 0.6 is 0 Å². The molecule has 6 aromatic rings. The van der Waals surface area contributed by atoms with Crippen molar-refractivity contribution in [3.63, 3.8) is 0 Å². The Morgan fingerprint density at radius 1 is 0.854 bits per heavy atom. The van der Waals surface area contributed by atoms with E-state index < -0.39 is 0 Å². The number of hydrogen-bond donors (Lipinski definition) is 0. The second-order valence-corrected chi connectivity index (χ2v) is 15.2. The van der Waals surface area contributed by atoms with Gasteiger partial charge in [0.1, 0.15) is 17.3 Å². The highest BCUT2D eigenvalue weighted by atomic mass is 16.5. The zero-order chi connectivity index (χ0) is 33.9. The van der Waals surface area contributed by atoms with Crippen LogP contribution in [0.1, 0.15) is 101 Å². The Hall–Kier alpha value is -4.64. The first kappa shape index (κ1) is 31.9. The highest BCUT2D eigenvalue weighted by molar-refractivity contribution is 6.09. The van der Waals surface area contributed by atoms with Crippen LogP contribution in [0.3, 0.4) is 0 Å². The molecule has 0 bridgehead atoms. The van der Waals surface area contributed by atoms with Gasteiger partial charge in [0.15, 0.2) is 0 Å². The summed E-state index contributed by atoms with van der Waals surface area (Å²) < 4.78 is 11.1. The number of benzene rings is 3. The average molecular weight is 637 g/mol. The van der Waals surface area contributed by atoms with E-state index in [9.17, 15) is 0 Å². The normalized spacial score (nSPS) is 17.0. The van der Waals surface area contributed by atoms with E-state index in [0.29, 0.717) is 17.8 Å². The van der Waals surface area contributed by atoms with Gasteiger partial charge >= 0.3 is 0 Å². The van der Waals surface area contributed by atoms with E-state index in [2.05, 4.69) is 150 Å². The van der Waals surface area contributed by atoms with E-state index >= 15 is 0 Å². The summed E-state index contributed by atoms with van der Waals surface area (Å²) in [4.78, 5) is 4.85. The molecular weight excluding hydrogens is 589 g/mol. The first-order valence-corrected chi connectivity index (χ1v) is 17.5. The molecule has 1 aliphatic rings. The van der Waals surface area contributed by atoms with Crippen LogP contribution < -0.4 is 4.74 Å². The Labute approximate surface area is 285 Å². The number of hydrogen-bond acceptors (Lipinski definition) is 3. The minimum atomic E-state index is 0.0142. The number of allylic oxidation sites excluding steroid dienone is 2. The molecule has 0 N–H and O–H groups in total. The standard InChI is InChI=1S/C43H48N4O/c1-26(2)31-21-33(47-30(6)42(29(5)45-47)41-27(3)13-12-14-28(41)4)24-35(22-31)48-34-17-18-37-36-15-10-11-16-38(36)46(39(37)25-34)40-23-32(19-20-44-40)43(7,8)9/h10-11,13,15-26,28,41H,12,14H2,1-9H3/t28-,41?/m0/s1. The number of nitrogens with zero attached hydrogens (tertiary/aromatic N) is 4. The molecule has 0 aliphatic heterocycles. The molecule has 0 amide bonds. The lowest BCUT2D eigenvalue weighted by Gasteiger charge is -2.29. The zero-order valence-corrected chi connectivity index (χ0v) is 29.9. The van der Waals surface area contributed by atoms with Crippen LogP contribution in [-0.4, -0.2) is 19.3 Å². The van der Waals surface area contributed by atoms with Crippen molar-refractivity contribution in [2.45, 2.75) is 92.4 Å². The Morgan fingerprint density at radius 3 is 2.38 bits per heavy atom. The third kappa shape index (κ3) is 5.63. The molecule has 7 rings (SSSR count). The largest absolute Gasteiger partial charge is 0.457 e. The summed E-state index contributed by atoms with van der Waals surface area (Å²) in [6, 6.07) is 25.9. The van der Waals surface area contributed by atoms with Crippen molar-refractivity contribution in [1.82, 2.24) is 19.3 Å². The van der Waals surface area contributed by atoms with Crippen LogP contribution in [0, 0.1) is 19.8 Å². The van der Waals surface area contributed by atoms with Gasteiger partial charge in [-0.3, -0.25) is 4.57 Å². The topological polar surface area (TPSA) is 44.9 Å². The van der Waals surface area contributed by atoms with E-state index in [1.54, 1.807) is 0 Å². The van der Waals surface area contributed by atoms with E-state index in [0.717, 1.165) is 39.7 Å². The molecule has 3 aromatic carbocycles. The van der Waals surface area contributed by atoms with Crippen LogP contribution in [0.5, 0.6) is 11.5 Å². The third-order valence-electron chi connectivity index (χ3n) is 10.4. The fraction of sp³-hybridized carbons (Fsp3) is 0.349. The molecule has 3 aromatic heterocycles. The maximum Gasteiger partial charge on any atom is 0.137 e. The van der Waals surface area contributed by atoms with Crippen molar-refractivity contribution in [1.29, 1.82) is 0 Å². The lowest BCUT2D eigenvalue weighted by atomic mass is 9.75. The quantitative estimate of drug-likeness (QED) is 0.171. The fourth-order valence-electron chi connectivity index (χ4n) is 7.71. The molecule has 0 saturated carbocycles. The number of ether oxygens (including phenoxy) is 1. The van der Waals surface area contributed by atoms with Crippen molar-refractivity contribution < 1.29 is 4.74 Å². The third-order valence-corrected chi connectivity index (χ3v) is 10.4. The Kier molecular flexibility index (Phi) is 8.06. The van der Waals surface area contributed by atoms with Crippen LogP contribution in [0.25, 0.3) is 33.3 Å². The first-order valence-electron chi connectivity index (χ1n) is 17.5. The molecule has 1 aliphatic carbocycles. The number of fused-ring (bicyclic) bond motifs is 3. The predicted octanol–water partition coefficient (Wildman–Crippen LogP) is 11.7. The number of aromatic nitrogens is 4. The van der Waals surface area contributed by atoms with Gasteiger partial charge in [-0.1, -0.05) is 71.4 Å². The average Bonchev–Trinajstić information content (AvgIpc) is 3.53. The number of rotatable bonds is 6. The van der Waals surface area contributed by atoms with Crippen molar-refractivity contribution in [2.24, 2.45) is 5.92 Å². The lowest BCUT2D eigenvalue weighted by molar-refractivity contribution is 0.447. The Bertz CT molecular complexity index is 2190. The minimum absolute atomic E-state index is 0.0142. The molecule has 0 fully saturated rings. The van der Waals surface area contributed by atoms with E-state index in [-0.39, 0.29) is 5.41 Å². The van der Waals surface area contributed by atoms with Crippen molar-refractivity contribution in [2.75, 3.05) is 0 Å². The predicted molar refractivity (Wildman–Crippen MR) is 199 cm³/mol. The molecule has 48 heavy (non-hydrogen) atoms. The van der Waals surface area contributed by atoms with Gasteiger partial charge in [-0.25, -0.2) is 9.67 Å². The molecular formula is C43H48N4O. The summed E-state index contributed by atoms with van der Waals surface area (Å²) in [6.45, 7) is 20.2. The number of pyridine rings is 1. The van der Waals surface area contributed by atoms with Gasteiger partial charge in [-0.05, 0) is 104 Å². The molecule has 0 spiro atoms. The molecule has 0 radical (unpaired) electrons. The fourth-order valence-corrected chi connectivity index (χ4v) is 7.71. The highest BCUT2D eigenvalue weighted by Crippen LogP contribution is 2.42. The van der Waals surface area contributed by atoms with Gasteiger partial charge in [0.25, 0.3) is 0 Å². The van der Waals surface area contributed by atoms with Crippen LogP contribution in [0.2, 0.25) is 0 Å². The van der Waals surface area contributed by atoms with Crippen molar-refractivity contribution >= 4 is 21.8 Å². The monoisotopic (exact) mass is 636 g/mol. The van der Waals surface area contributed by atoms with Crippen molar-refractivity contribution in [3.8, 4) is 23.0 Å². The number of para-hydroxylation sites is 1. The van der Waals surface area contributed by atoms with Gasteiger partial charge in [0.05, 0.1) is 22.4 Å². The van der Waals surface area contributed by atoms with E-state index in [1.807, 2.05) is 6.20 Å². The highest BCUT2D eigenvalue weighted by Gasteiger charge is 2.29. The minimum Gasteiger partial charge on any atom is -0.457 e. The molecule has 2 atom stereocenters. The molecule has 246 valence electrons. The summed E-state index contributed by atoms with van der Waals surface area (Å²) in [5.41, 5.74) is 10.9. The maximum absolute atomic E-state index is 6.75. The molecule has 0 saturated heterocycles. The number of aryl methyl sites for hydroxylation is 1. The summed E-state index contributed by atoms with van der Waals surface area (Å²) >= 11 is 0. The van der Waals surface area contributed by atoms with Crippen LogP contribution in [0.15, 0.2) is 90.6 Å². The zero-order valence-electron chi connectivity index (χ0n) is 29.9. The molecule has 5 heteroatoms. The van der Waals surface area contributed by atoms with Gasteiger partial charge in [-0.2, -0.15) is 5.10 Å². The van der Waals surface area contributed by atoms with E-state index in [4.69, 9.17) is 14.8 Å². The van der Waals surface area contributed by atoms with Gasteiger partial charge in [-0.15, -0.1) is 0 Å².